The Morgan fingerprint density at radius 2 is 1.89 bits per heavy atom. The molecule has 38 heavy (non-hydrogen) atoms. The van der Waals surface area contributed by atoms with Gasteiger partial charge in [-0.2, -0.15) is 0 Å². The van der Waals surface area contributed by atoms with Gasteiger partial charge in [-0.05, 0) is 62.4 Å². The molecule has 7 nitrogen and oxygen atoms in total. The van der Waals surface area contributed by atoms with Gasteiger partial charge in [-0.3, -0.25) is 4.79 Å². The maximum atomic E-state index is 13.4. The molecular weight excluding hydrogens is 482 g/mol. The molecule has 0 unspecified atom stereocenters. The monoisotopic (exact) mass is 515 g/mol. The number of furan rings is 1. The van der Waals surface area contributed by atoms with Crippen LogP contribution >= 0.6 is 0 Å². The van der Waals surface area contributed by atoms with Crippen molar-refractivity contribution < 1.29 is 23.5 Å². The first kappa shape index (κ1) is 24.7. The molecule has 2 aromatic heterocycles. The van der Waals surface area contributed by atoms with E-state index >= 15 is 0 Å². The summed E-state index contributed by atoms with van der Waals surface area (Å²) in [6, 6.07) is 9.78. The van der Waals surface area contributed by atoms with Crippen LogP contribution in [0.1, 0.15) is 48.8 Å². The first-order chi connectivity index (χ1) is 18.3. The molecule has 1 aliphatic heterocycles. The molecule has 2 atom stereocenters. The summed E-state index contributed by atoms with van der Waals surface area (Å²) >= 11 is 0. The Morgan fingerprint density at radius 1 is 1.11 bits per heavy atom. The van der Waals surface area contributed by atoms with Gasteiger partial charge in [0.15, 0.2) is 0 Å². The molecule has 0 bridgehead atoms. The third-order valence-electron chi connectivity index (χ3n) is 8.85. The summed E-state index contributed by atoms with van der Waals surface area (Å²) in [5.41, 5.74) is 3.83. The zero-order valence-corrected chi connectivity index (χ0v) is 22.1. The average molecular weight is 516 g/mol. The normalized spacial score (nSPS) is 21.6. The van der Waals surface area contributed by atoms with E-state index in [4.69, 9.17) is 13.6 Å². The number of carbonyl (C=O) groups is 1. The molecule has 1 aliphatic carbocycles. The van der Waals surface area contributed by atoms with Crippen molar-refractivity contribution in [1.29, 1.82) is 0 Å². The van der Waals surface area contributed by atoms with Crippen molar-refractivity contribution in [2.45, 2.75) is 58.0 Å². The smallest absolute Gasteiger partial charge is 0.340 e. The number of ether oxygens (including phenoxy) is 1. The van der Waals surface area contributed by atoms with Gasteiger partial charge < -0.3 is 23.6 Å². The standard InChI is InChI=1S/C31H33NO6/c1-18-23-14-25-26(20-7-9-22(36-3)10-8-20)17-37-28(25)19(2)29(23)38-30(34)24(18)15-27(33)32-13-12-31(35)11-5-4-6-21(31)16-32/h7-10,14,17,21,35H,4-6,11-13,15-16H2,1-3H3/t21-,31-/m1/s1. The second kappa shape index (κ2) is 9.31. The molecule has 1 N–H and O–H groups in total. The quantitative estimate of drug-likeness (QED) is 0.360. The number of piperidine rings is 1. The van der Waals surface area contributed by atoms with Crippen molar-refractivity contribution in [1.82, 2.24) is 4.90 Å². The van der Waals surface area contributed by atoms with Gasteiger partial charge in [0.05, 0.1) is 31.0 Å². The number of fused-ring (bicyclic) bond motifs is 3. The Kier molecular flexibility index (Phi) is 6.06. The summed E-state index contributed by atoms with van der Waals surface area (Å²) < 4.78 is 17.0. The summed E-state index contributed by atoms with van der Waals surface area (Å²) in [7, 11) is 1.64. The second-order valence-electron chi connectivity index (χ2n) is 10.9. The van der Waals surface area contributed by atoms with Crippen LogP contribution in [0.3, 0.4) is 0 Å². The Labute approximate surface area is 221 Å². The third kappa shape index (κ3) is 4.00. The van der Waals surface area contributed by atoms with E-state index in [1.807, 2.05) is 49.1 Å². The van der Waals surface area contributed by atoms with Crippen LogP contribution in [0.25, 0.3) is 33.1 Å². The lowest BCUT2D eigenvalue weighted by Crippen LogP contribution is -2.55. The van der Waals surface area contributed by atoms with E-state index in [0.29, 0.717) is 36.2 Å². The number of aliphatic hydroxyl groups is 1. The van der Waals surface area contributed by atoms with Gasteiger partial charge in [0, 0.05) is 40.9 Å². The first-order valence-corrected chi connectivity index (χ1v) is 13.4. The third-order valence-corrected chi connectivity index (χ3v) is 8.85. The molecule has 3 heterocycles. The van der Waals surface area contributed by atoms with Gasteiger partial charge in [-0.25, -0.2) is 4.79 Å². The molecule has 0 radical (unpaired) electrons. The second-order valence-corrected chi connectivity index (χ2v) is 10.9. The van der Waals surface area contributed by atoms with Crippen molar-refractivity contribution in [3.8, 4) is 16.9 Å². The Balaban J connectivity index is 1.36. The van der Waals surface area contributed by atoms with Crippen LogP contribution in [0, 0.1) is 19.8 Å². The Morgan fingerprint density at radius 3 is 2.66 bits per heavy atom. The average Bonchev–Trinajstić information content (AvgIpc) is 3.35. The number of aryl methyl sites for hydroxylation is 2. The van der Waals surface area contributed by atoms with E-state index < -0.39 is 11.2 Å². The van der Waals surface area contributed by atoms with Crippen LogP contribution in [0.4, 0.5) is 0 Å². The number of hydrogen-bond donors (Lipinski definition) is 1. The largest absolute Gasteiger partial charge is 0.497 e. The van der Waals surface area contributed by atoms with Gasteiger partial charge in [0.2, 0.25) is 5.91 Å². The molecular formula is C31H33NO6. The molecule has 2 fully saturated rings. The summed E-state index contributed by atoms with van der Waals surface area (Å²) in [6.45, 7) is 4.84. The van der Waals surface area contributed by atoms with Crippen LogP contribution in [0.5, 0.6) is 5.75 Å². The van der Waals surface area contributed by atoms with Crippen LogP contribution < -0.4 is 10.4 Å². The number of carbonyl (C=O) groups excluding carboxylic acids is 1. The molecule has 1 saturated carbocycles. The van der Waals surface area contributed by atoms with Gasteiger partial charge in [0.1, 0.15) is 16.9 Å². The van der Waals surface area contributed by atoms with Crippen LogP contribution in [-0.2, 0) is 11.2 Å². The molecule has 1 amide bonds. The fourth-order valence-electron chi connectivity index (χ4n) is 6.46. The highest BCUT2D eigenvalue weighted by atomic mass is 16.5. The Hall–Kier alpha value is -3.58. The number of benzene rings is 2. The first-order valence-electron chi connectivity index (χ1n) is 13.4. The minimum Gasteiger partial charge on any atom is -0.497 e. The lowest BCUT2D eigenvalue weighted by Gasteiger charge is -2.47. The minimum atomic E-state index is -0.651. The summed E-state index contributed by atoms with van der Waals surface area (Å²) in [4.78, 5) is 28.3. The molecule has 0 spiro atoms. The molecule has 1 saturated heterocycles. The zero-order chi connectivity index (χ0) is 26.6. The molecule has 4 aromatic rings. The Bertz CT molecular complexity index is 1600. The topological polar surface area (TPSA) is 93.1 Å². The van der Waals surface area contributed by atoms with E-state index in [0.717, 1.165) is 64.5 Å². The number of amides is 1. The van der Waals surface area contributed by atoms with Gasteiger partial charge >= 0.3 is 5.63 Å². The molecule has 6 rings (SSSR count). The molecule has 2 aliphatic rings. The van der Waals surface area contributed by atoms with E-state index in [1.165, 1.54) is 0 Å². The summed E-state index contributed by atoms with van der Waals surface area (Å²) in [6.07, 6.45) is 6.19. The number of likely N-dealkylation sites (tertiary alicyclic amines) is 1. The van der Waals surface area contributed by atoms with Gasteiger partial charge in [-0.15, -0.1) is 0 Å². The zero-order valence-electron chi connectivity index (χ0n) is 22.1. The van der Waals surface area contributed by atoms with Crippen LogP contribution in [0.2, 0.25) is 0 Å². The van der Waals surface area contributed by atoms with E-state index in [-0.39, 0.29) is 18.2 Å². The predicted molar refractivity (Wildman–Crippen MR) is 146 cm³/mol. The van der Waals surface area contributed by atoms with Crippen LogP contribution in [0.15, 0.2) is 50.2 Å². The summed E-state index contributed by atoms with van der Waals surface area (Å²) in [5, 5.41) is 12.7. The van der Waals surface area contributed by atoms with Crippen LogP contribution in [-0.4, -0.2) is 41.7 Å². The van der Waals surface area contributed by atoms with Gasteiger partial charge in [0.25, 0.3) is 0 Å². The summed E-state index contributed by atoms with van der Waals surface area (Å²) in [5.74, 6) is 0.792. The molecule has 2 aromatic carbocycles. The van der Waals surface area contributed by atoms with Crippen molar-refractivity contribution in [3.05, 3.63) is 63.7 Å². The lowest BCUT2D eigenvalue weighted by atomic mass is 9.71. The minimum absolute atomic E-state index is 0.0108. The van der Waals surface area contributed by atoms with E-state index in [9.17, 15) is 14.7 Å². The van der Waals surface area contributed by atoms with Crippen molar-refractivity contribution >= 4 is 27.8 Å². The van der Waals surface area contributed by atoms with E-state index in [1.54, 1.807) is 13.4 Å². The predicted octanol–water partition coefficient (Wildman–Crippen LogP) is 5.53. The van der Waals surface area contributed by atoms with Crippen molar-refractivity contribution in [2.75, 3.05) is 20.2 Å². The van der Waals surface area contributed by atoms with Crippen molar-refractivity contribution in [2.24, 2.45) is 5.92 Å². The maximum absolute atomic E-state index is 13.4. The number of nitrogens with zero attached hydrogens (tertiary/aromatic N) is 1. The van der Waals surface area contributed by atoms with E-state index in [2.05, 4.69) is 0 Å². The fourth-order valence-corrected chi connectivity index (χ4v) is 6.46. The molecule has 198 valence electrons. The number of rotatable bonds is 4. The highest BCUT2D eigenvalue weighted by molar-refractivity contribution is 6.05. The molecule has 7 heteroatoms. The number of hydrogen-bond acceptors (Lipinski definition) is 6. The number of methoxy groups -OCH3 is 1. The van der Waals surface area contributed by atoms with Gasteiger partial charge in [-0.1, -0.05) is 25.0 Å². The SMILES string of the molecule is COc1ccc(-c2coc3c(C)c4oc(=O)c(CC(=O)N5CC[C@]6(O)CCCC[C@@H]6C5)c(C)c4cc23)cc1. The maximum Gasteiger partial charge on any atom is 0.340 e. The highest BCUT2D eigenvalue weighted by Gasteiger charge is 2.43. The lowest BCUT2D eigenvalue weighted by molar-refractivity contribution is -0.142. The highest BCUT2D eigenvalue weighted by Crippen LogP contribution is 2.40. The fraction of sp³-hybridized carbons (Fsp3) is 0.419. The van der Waals surface area contributed by atoms with Crippen molar-refractivity contribution in [3.63, 3.8) is 0 Å².